The lowest BCUT2D eigenvalue weighted by Crippen LogP contribution is -2.32. The molecule has 0 aliphatic carbocycles. The van der Waals surface area contributed by atoms with E-state index in [1.54, 1.807) is 41.3 Å². The minimum Gasteiger partial charge on any atom is -0.491 e. The zero-order valence-electron chi connectivity index (χ0n) is 21.2. The third-order valence-electron chi connectivity index (χ3n) is 6.70. The molecule has 1 aliphatic heterocycles. The molecule has 4 aromatic carbocycles. The molecule has 39 heavy (non-hydrogen) atoms. The van der Waals surface area contributed by atoms with Crippen molar-refractivity contribution in [3.05, 3.63) is 108 Å². The number of aryl methyl sites for hydroxylation is 1. The number of aromatic amines is 1. The van der Waals surface area contributed by atoms with Crippen LogP contribution < -0.4 is 9.46 Å². The average Bonchev–Trinajstić information content (AvgIpc) is 3.18. The molecule has 0 saturated heterocycles. The summed E-state index contributed by atoms with van der Waals surface area (Å²) in [6.45, 7) is 3.09. The molecule has 6 rings (SSSR count). The number of aromatic nitrogens is 2. The van der Waals surface area contributed by atoms with Gasteiger partial charge in [0, 0.05) is 23.4 Å². The Balaban J connectivity index is 1.22. The molecule has 5 aromatic rings. The first-order valence-corrected chi connectivity index (χ1v) is 14.0. The van der Waals surface area contributed by atoms with Crippen molar-refractivity contribution >= 4 is 32.7 Å². The first-order chi connectivity index (χ1) is 18.9. The van der Waals surface area contributed by atoms with E-state index < -0.39 is 10.0 Å². The molecule has 196 valence electrons. The molecule has 9 heteroatoms. The number of H-pyrrole nitrogens is 1. The van der Waals surface area contributed by atoms with Gasteiger partial charge in [-0.3, -0.25) is 9.52 Å². The quantitative estimate of drug-likeness (QED) is 0.313. The van der Waals surface area contributed by atoms with Crippen molar-refractivity contribution < 1.29 is 17.9 Å². The number of rotatable bonds is 5. The summed E-state index contributed by atoms with van der Waals surface area (Å²) in [6.07, 6.45) is 0. The number of carbonyl (C=O) groups is 1. The summed E-state index contributed by atoms with van der Waals surface area (Å²) in [7, 11) is -3.77. The first kappa shape index (κ1) is 24.7. The van der Waals surface area contributed by atoms with Crippen LogP contribution in [0.3, 0.4) is 0 Å². The zero-order valence-corrected chi connectivity index (χ0v) is 22.0. The first-order valence-electron chi connectivity index (χ1n) is 12.6. The number of nitrogens with zero attached hydrogens (tertiary/aromatic N) is 2. The molecule has 2 heterocycles. The number of anilines is 1. The maximum Gasteiger partial charge on any atom is 0.261 e. The molecule has 1 aromatic heterocycles. The van der Waals surface area contributed by atoms with Crippen molar-refractivity contribution in [1.29, 1.82) is 0 Å². The number of ether oxygens (including phenoxy) is 1. The maximum atomic E-state index is 13.4. The van der Waals surface area contributed by atoms with Gasteiger partial charge < -0.3 is 14.6 Å². The molecule has 0 fully saturated rings. The van der Waals surface area contributed by atoms with E-state index in [0.717, 1.165) is 39.3 Å². The van der Waals surface area contributed by atoms with E-state index in [-0.39, 0.29) is 10.8 Å². The Kier molecular flexibility index (Phi) is 6.28. The molecule has 0 radical (unpaired) electrons. The molecule has 0 atom stereocenters. The number of sulfonamides is 1. The van der Waals surface area contributed by atoms with Crippen molar-refractivity contribution in [2.45, 2.75) is 18.4 Å². The summed E-state index contributed by atoms with van der Waals surface area (Å²) in [5.74, 6) is 1.43. The van der Waals surface area contributed by atoms with Gasteiger partial charge in [0.15, 0.2) is 0 Å². The summed E-state index contributed by atoms with van der Waals surface area (Å²) < 4.78 is 34.0. The number of benzene rings is 4. The number of para-hydroxylation sites is 1. The Hall–Kier alpha value is -4.63. The molecular weight excluding hydrogens is 512 g/mol. The van der Waals surface area contributed by atoms with Crippen LogP contribution in [-0.2, 0) is 16.6 Å². The minimum absolute atomic E-state index is 0.0847. The number of fused-ring (bicyclic) bond motifs is 2. The van der Waals surface area contributed by atoms with Gasteiger partial charge >= 0.3 is 0 Å². The van der Waals surface area contributed by atoms with E-state index in [4.69, 9.17) is 4.74 Å². The van der Waals surface area contributed by atoms with Crippen LogP contribution in [0.1, 0.15) is 21.7 Å². The fraction of sp³-hybridized carbons (Fsp3) is 0.133. The largest absolute Gasteiger partial charge is 0.491 e. The van der Waals surface area contributed by atoms with Gasteiger partial charge in [0.05, 0.1) is 22.5 Å². The highest BCUT2D eigenvalue weighted by molar-refractivity contribution is 7.92. The molecule has 0 spiro atoms. The van der Waals surface area contributed by atoms with Crippen molar-refractivity contribution in [2.24, 2.45) is 0 Å². The fourth-order valence-electron chi connectivity index (χ4n) is 4.74. The van der Waals surface area contributed by atoms with E-state index >= 15 is 0 Å². The van der Waals surface area contributed by atoms with Crippen molar-refractivity contribution in [1.82, 2.24) is 14.9 Å². The van der Waals surface area contributed by atoms with Gasteiger partial charge in [-0.1, -0.05) is 30.3 Å². The molecule has 0 unspecified atom stereocenters. The van der Waals surface area contributed by atoms with Gasteiger partial charge in [-0.2, -0.15) is 0 Å². The van der Waals surface area contributed by atoms with E-state index in [2.05, 4.69) is 26.8 Å². The highest BCUT2D eigenvalue weighted by Gasteiger charge is 2.23. The number of imidazole rings is 1. The minimum atomic E-state index is -3.77. The summed E-state index contributed by atoms with van der Waals surface area (Å²) in [6, 6.07) is 26.8. The van der Waals surface area contributed by atoms with Crippen LogP contribution in [0.15, 0.2) is 95.9 Å². The molecule has 2 N–H and O–H groups in total. The maximum absolute atomic E-state index is 13.4. The summed E-state index contributed by atoms with van der Waals surface area (Å²) in [5.41, 5.74) is 5.73. The molecule has 1 aliphatic rings. The summed E-state index contributed by atoms with van der Waals surface area (Å²) in [4.78, 5) is 23.0. The highest BCUT2D eigenvalue weighted by atomic mass is 32.2. The van der Waals surface area contributed by atoms with Crippen molar-refractivity contribution in [2.75, 3.05) is 17.9 Å². The van der Waals surface area contributed by atoms with Crippen LogP contribution in [0.25, 0.3) is 22.2 Å². The van der Waals surface area contributed by atoms with Gasteiger partial charge in [0.2, 0.25) is 0 Å². The number of amides is 1. The zero-order chi connectivity index (χ0) is 27.0. The Bertz CT molecular complexity index is 1780. The Morgan fingerprint density at radius 3 is 2.49 bits per heavy atom. The van der Waals surface area contributed by atoms with Gasteiger partial charge in [-0.05, 0) is 78.7 Å². The van der Waals surface area contributed by atoms with Crippen LogP contribution in [0, 0.1) is 6.92 Å². The molecule has 8 nitrogen and oxygen atoms in total. The van der Waals surface area contributed by atoms with E-state index in [9.17, 15) is 13.2 Å². The lowest BCUT2D eigenvalue weighted by atomic mass is 10.0. The van der Waals surface area contributed by atoms with Crippen molar-refractivity contribution in [3.8, 4) is 16.9 Å². The van der Waals surface area contributed by atoms with E-state index in [1.807, 2.05) is 37.3 Å². The molecule has 0 bridgehead atoms. The predicted octanol–water partition coefficient (Wildman–Crippen LogP) is 5.37. The fourth-order valence-corrected chi connectivity index (χ4v) is 5.80. The Morgan fingerprint density at radius 2 is 1.69 bits per heavy atom. The topological polar surface area (TPSA) is 104 Å². The number of hydrogen-bond donors (Lipinski definition) is 2. The third-order valence-corrected chi connectivity index (χ3v) is 8.10. The second-order valence-electron chi connectivity index (χ2n) is 9.45. The summed E-state index contributed by atoms with van der Waals surface area (Å²) in [5, 5.41) is 0. The van der Waals surface area contributed by atoms with Crippen LogP contribution in [0.2, 0.25) is 0 Å². The molecular formula is C30H26N4O4S. The third kappa shape index (κ3) is 5.08. The monoisotopic (exact) mass is 538 g/mol. The SMILES string of the molecule is Cc1nc2ccc(-c3ccc4c(c3)CN(C(=O)c3ccc(S(=O)(=O)Nc5ccccc5)cc3)CCO4)cc2[nH]1. The number of hydrogen-bond acceptors (Lipinski definition) is 5. The lowest BCUT2D eigenvalue weighted by Gasteiger charge is -2.20. The highest BCUT2D eigenvalue weighted by Crippen LogP contribution is 2.31. The smallest absolute Gasteiger partial charge is 0.261 e. The van der Waals surface area contributed by atoms with Crippen molar-refractivity contribution in [3.63, 3.8) is 0 Å². The lowest BCUT2D eigenvalue weighted by molar-refractivity contribution is 0.0733. The second kappa shape index (κ2) is 9.92. The average molecular weight is 539 g/mol. The molecule has 1 amide bonds. The Morgan fingerprint density at radius 1 is 0.949 bits per heavy atom. The normalized spacial score (nSPS) is 13.4. The standard InChI is InChI=1S/C30H26N4O4S/c1-20-31-27-13-9-23(18-28(27)32-20)22-10-14-29-24(17-22)19-34(15-16-38-29)30(35)21-7-11-26(12-8-21)39(36,37)33-25-5-3-2-4-6-25/h2-14,17-18,33H,15-16,19H2,1H3,(H,31,32). The number of carbonyl (C=O) groups excluding carboxylic acids is 1. The van der Waals surface area contributed by atoms with Crippen LogP contribution >= 0.6 is 0 Å². The van der Waals surface area contributed by atoms with Gasteiger partial charge in [0.25, 0.3) is 15.9 Å². The van der Waals surface area contributed by atoms with Gasteiger partial charge in [0.1, 0.15) is 18.2 Å². The Labute approximate surface area is 226 Å². The van der Waals surface area contributed by atoms with Crippen LogP contribution in [0.5, 0.6) is 5.75 Å². The molecule has 0 saturated carbocycles. The van der Waals surface area contributed by atoms with E-state index in [1.165, 1.54) is 12.1 Å². The summed E-state index contributed by atoms with van der Waals surface area (Å²) >= 11 is 0. The second-order valence-corrected chi connectivity index (χ2v) is 11.1. The van der Waals surface area contributed by atoms with Crippen LogP contribution in [0.4, 0.5) is 5.69 Å². The van der Waals surface area contributed by atoms with Gasteiger partial charge in [-0.15, -0.1) is 0 Å². The van der Waals surface area contributed by atoms with E-state index in [0.29, 0.717) is 30.9 Å². The predicted molar refractivity (Wildman–Crippen MR) is 150 cm³/mol. The van der Waals surface area contributed by atoms with Crippen LogP contribution in [-0.4, -0.2) is 42.3 Å². The number of nitrogens with one attached hydrogen (secondary N) is 2. The van der Waals surface area contributed by atoms with Gasteiger partial charge in [-0.25, -0.2) is 13.4 Å².